The number of hydrogen-bond donors (Lipinski definition) is 1. The summed E-state index contributed by atoms with van der Waals surface area (Å²) in [7, 11) is 0. The van der Waals surface area contributed by atoms with Gasteiger partial charge in [-0.2, -0.15) is 0 Å². The lowest BCUT2D eigenvalue weighted by Crippen LogP contribution is -2.48. The molecule has 1 aliphatic heterocycles. The Bertz CT molecular complexity index is 646. The van der Waals surface area contributed by atoms with Crippen LogP contribution in [0.15, 0.2) is 54.6 Å². The lowest BCUT2D eigenvalue weighted by atomic mass is 10.1. The third-order valence-electron chi connectivity index (χ3n) is 4.58. The van der Waals surface area contributed by atoms with E-state index in [0.29, 0.717) is 0 Å². The van der Waals surface area contributed by atoms with Crippen LogP contribution >= 0.6 is 0 Å². The molecule has 2 aromatic rings. The van der Waals surface area contributed by atoms with E-state index in [-0.39, 0.29) is 5.91 Å². The molecule has 0 aromatic heterocycles. The molecule has 1 aliphatic rings. The smallest absolute Gasteiger partial charge is 0.253 e. The van der Waals surface area contributed by atoms with Gasteiger partial charge in [0.25, 0.3) is 5.91 Å². The fourth-order valence-corrected chi connectivity index (χ4v) is 2.98. The summed E-state index contributed by atoms with van der Waals surface area (Å²) >= 11 is 0. The Morgan fingerprint density at radius 2 is 1.62 bits per heavy atom. The van der Waals surface area contributed by atoms with Crippen molar-refractivity contribution in [1.82, 2.24) is 9.80 Å². The molecule has 1 amide bonds. The van der Waals surface area contributed by atoms with Crippen molar-refractivity contribution in [1.29, 1.82) is 0 Å². The van der Waals surface area contributed by atoms with Gasteiger partial charge in [-0.1, -0.05) is 37.3 Å². The van der Waals surface area contributed by atoms with Gasteiger partial charge in [-0.15, -0.1) is 0 Å². The van der Waals surface area contributed by atoms with E-state index in [1.165, 1.54) is 5.56 Å². The summed E-state index contributed by atoms with van der Waals surface area (Å²) < 4.78 is 0. The summed E-state index contributed by atoms with van der Waals surface area (Å²) in [5, 5.41) is 3.39. The fourth-order valence-electron chi connectivity index (χ4n) is 2.98. The quantitative estimate of drug-likeness (QED) is 0.918. The van der Waals surface area contributed by atoms with Gasteiger partial charge in [0.1, 0.15) is 0 Å². The average Bonchev–Trinajstić information content (AvgIpc) is 2.67. The highest BCUT2D eigenvalue weighted by Gasteiger charge is 2.21. The molecule has 24 heavy (non-hydrogen) atoms. The zero-order chi connectivity index (χ0) is 16.8. The Morgan fingerprint density at radius 1 is 0.958 bits per heavy atom. The molecule has 0 spiro atoms. The van der Waals surface area contributed by atoms with Crippen LogP contribution in [0.3, 0.4) is 0 Å². The topological polar surface area (TPSA) is 35.6 Å². The number of carbonyl (C=O) groups is 1. The van der Waals surface area contributed by atoms with Crippen molar-refractivity contribution in [3.8, 4) is 0 Å². The van der Waals surface area contributed by atoms with E-state index in [9.17, 15) is 4.79 Å². The molecule has 4 heteroatoms. The van der Waals surface area contributed by atoms with Gasteiger partial charge in [0.05, 0.1) is 0 Å². The second kappa shape index (κ2) is 7.97. The summed E-state index contributed by atoms with van der Waals surface area (Å²) in [4.78, 5) is 16.9. The van der Waals surface area contributed by atoms with Gasteiger partial charge in [0.15, 0.2) is 0 Å². The van der Waals surface area contributed by atoms with Crippen molar-refractivity contribution in [2.75, 3.05) is 38.0 Å². The molecule has 0 saturated carbocycles. The molecular weight excluding hydrogens is 298 g/mol. The molecule has 126 valence electrons. The first-order valence-electron chi connectivity index (χ1n) is 8.66. The zero-order valence-electron chi connectivity index (χ0n) is 14.2. The highest BCUT2D eigenvalue weighted by Crippen LogP contribution is 2.14. The highest BCUT2D eigenvalue weighted by molar-refractivity contribution is 5.94. The van der Waals surface area contributed by atoms with Crippen molar-refractivity contribution in [3.63, 3.8) is 0 Å². The molecule has 1 fully saturated rings. The average molecular weight is 323 g/mol. The maximum Gasteiger partial charge on any atom is 0.253 e. The molecule has 3 rings (SSSR count). The van der Waals surface area contributed by atoms with Crippen LogP contribution in [0.25, 0.3) is 0 Å². The fraction of sp³-hybridized carbons (Fsp3) is 0.350. The highest BCUT2D eigenvalue weighted by atomic mass is 16.2. The SMILES string of the molecule is CCN1CCN(C(=O)c2ccc(NCc3ccccc3)cc2)CC1. The van der Waals surface area contributed by atoms with Crippen LogP contribution in [0.4, 0.5) is 5.69 Å². The predicted molar refractivity (Wildman–Crippen MR) is 98.2 cm³/mol. The molecule has 1 saturated heterocycles. The third kappa shape index (κ3) is 4.15. The number of likely N-dealkylation sites (N-methyl/N-ethyl adjacent to an activating group) is 1. The molecule has 0 atom stereocenters. The summed E-state index contributed by atoms with van der Waals surface area (Å²) in [6, 6.07) is 18.1. The largest absolute Gasteiger partial charge is 0.381 e. The predicted octanol–water partition coefficient (Wildman–Crippen LogP) is 3.08. The first-order valence-corrected chi connectivity index (χ1v) is 8.66. The summed E-state index contributed by atoms with van der Waals surface area (Å²) in [5.74, 6) is 0.139. The van der Waals surface area contributed by atoms with Crippen LogP contribution in [-0.2, 0) is 6.54 Å². The number of anilines is 1. The standard InChI is InChI=1S/C20H25N3O/c1-2-22-12-14-23(15-13-22)20(24)18-8-10-19(11-9-18)21-16-17-6-4-3-5-7-17/h3-11,21H,2,12-16H2,1H3. The molecule has 1 heterocycles. The first kappa shape index (κ1) is 16.5. The van der Waals surface area contributed by atoms with E-state index in [4.69, 9.17) is 0 Å². The molecule has 1 N–H and O–H groups in total. The number of amides is 1. The minimum atomic E-state index is 0.139. The Hall–Kier alpha value is -2.33. The summed E-state index contributed by atoms with van der Waals surface area (Å²) in [5.41, 5.74) is 3.04. The number of nitrogens with one attached hydrogen (secondary N) is 1. The van der Waals surface area contributed by atoms with Gasteiger partial charge >= 0.3 is 0 Å². The van der Waals surface area contributed by atoms with E-state index in [2.05, 4.69) is 29.3 Å². The number of nitrogens with zero attached hydrogens (tertiary/aromatic N) is 2. The Labute approximate surface area is 144 Å². The van der Waals surface area contributed by atoms with Crippen molar-refractivity contribution in [2.45, 2.75) is 13.5 Å². The van der Waals surface area contributed by atoms with Crippen molar-refractivity contribution in [2.24, 2.45) is 0 Å². The summed E-state index contributed by atoms with van der Waals surface area (Å²) in [6.07, 6.45) is 0. The minimum Gasteiger partial charge on any atom is -0.381 e. The van der Waals surface area contributed by atoms with E-state index in [1.807, 2.05) is 47.4 Å². The van der Waals surface area contributed by atoms with Crippen LogP contribution in [0.5, 0.6) is 0 Å². The lowest BCUT2D eigenvalue weighted by Gasteiger charge is -2.34. The van der Waals surface area contributed by atoms with Crippen LogP contribution in [0.2, 0.25) is 0 Å². The molecule has 0 aliphatic carbocycles. The lowest BCUT2D eigenvalue weighted by molar-refractivity contribution is 0.0643. The molecule has 0 unspecified atom stereocenters. The minimum absolute atomic E-state index is 0.139. The van der Waals surface area contributed by atoms with E-state index >= 15 is 0 Å². The van der Waals surface area contributed by atoms with Gasteiger partial charge in [-0.25, -0.2) is 0 Å². The first-order chi connectivity index (χ1) is 11.8. The van der Waals surface area contributed by atoms with E-state index in [0.717, 1.165) is 50.5 Å². The van der Waals surface area contributed by atoms with Crippen molar-refractivity contribution in [3.05, 3.63) is 65.7 Å². The maximum absolute atomic E-state index is 12.6. The second-order valence-corrected chi connectivity index (χ2v) is 6.14. The number of benzene rings is 2. The molecule has 0 radical (unpaired) electrons. The van der Waals surface area contributed by atoms with E-state index < -0.39 is 0 Å². The Balaban J connectivity index is 1.55. The van der Waals surface area contributed by atoms with E-state index in [1.54, 1.807) is 0 Å². The Morgan fingerprint density at radius 3 is 2.25 bits per heavy atom. The third-order valence-corrected chi connectivity index (χ3v) is 4.58. The number of rotatable bonds is 5. The molecule has 4 nitrogen and oxygen atoms in total. The van der Waals surface area contributed by atoms with Gasteiger partial charge in [0, 0.05) is 44.0 Å². The van der Waals surface area contributed by atoms with Crippen molar-refractivity contribution >= 4 is 11.6 Å². The van der Waals surface area contributed by atoms with Crippen LogP contribution < -0.4 is 5.32 Å². The second-order valence-electron chi connectivity index (χ2n) is 6.14. The number of carbonyl (C=O) groups excluding carboxylic acids is 1. The van der Waals surface area contributed by atoms with Gasteiger partial charge in [-0.3, -0.25) is 4.79 Å². The number of piperazine rings is 1. The normalized spacial score (nSPS) is 15.3. The van der Waals surface area contributed by atoms with Gasteiger partial charge < -0.3 is 15.1 Å². The van der Waals surface area contributed by atoms with Gasteiger partial charge in [0.2, 0.25) is 0 Å². The number of hydrogen-bond acceptors (Lipinski definition) is 3. The molecular formula is C20H25N3O. The zero-order valence-corrected chi connectivity index (χ0v) is 14.2. The van der Waals surface area contributed by atoms with Crippen LogP contribution in [-0.4, -0.2) is 48.4 Å². The summed E-state index contributed by atoms with van der Waals surface area (Å²) in [6.45, 7) is 7.59. The van der Waals surface area contributed by atoms with Gasteiger partial charge in [-0.05, 0) is 36.4 Å². The molecule has 0 bridgehead atoms. The Kier molecular flexibility index (Phi) is 5.49. The monoisotopic (exact) mass is 323 g/mol. The van der Waals surface area contributed by atoms with Crippen molar-refractivity contribution < 1.29 is 4.79 Å². The van der Waals surface area contributed by atoms with Crippen LogP contribution in [0.1, 0.15) is 22.8 Å². The molecule has 2 aromatic carbocycles. The maximum atomic E-state index is 12.6. The van der Waals surface area contributed by atoms with Crippen LogP contribution in [0, 0.1) is 0 Å².